The second-order valence-corrected chi connectivity index (χ2v) is 7.48. The molecule has 0 spiro atoms. The molecule has 1 saturated heterocycles. The molecule has 8 heteroatoms. The van der Waals surface area contributed by atoms with Crippen LogP contribution in [0.2, 0.25) is 5.15 Å². The van der Waals surface area contributed by atoms with E-state index in [0.717, 1.165) is 0 Å². The first kappa shape index (κ1) is 16.2. The highest BCUT2D eigenvalue weighted by molar-refractivity contribution is 7.91. The fraction of sp³-hybridized carbons (Fsp3) is 0.538. The van der Waals surface area contributed by atoms with Gasteiger partial charge in [0, 0.05) is 25.9 Å². The smallest absolute Gasteiger partial charge is 0.257 e. The largest absolute Gasteiger partial charge is 0.383 e. The summed E-state index contributed by atoms with van der Waals surface area (Å²) in [7, 11) is -1.54. The van der Waals surface area contributed by atoms with E-state index in [-0.39, 0.29) is 34.2 Å². The Morgan fingerprint density at radius 3 is 2.90 bits per heavy atom. The van der Waals surface area contributed by atoms with Crippen molar-refractivity contribution >= 4 is 27.3 Å². The van der Waals surface area contributed by atoms with Gasteiger partial charge in [0.15, 0.2) is 9.84 Å². The Morgan fingerprint density at radius 1 is 1.57 bits per heavy atom. The highest BCUT2D eigenvalue weighted by Crippen LogP contribution is 2.22. The minimum Gasteiger partial charge on any atom is -0.383 e. The van der Waals surface area contributed by atoms with Crippen LogP contribution < -0.4 is 0 Å². The third kappa shape index (κ3) is 3.93. The molecular weight excluding hydrogens is 316 g/mol. The Kier molecular flexibility index (Phi) is 5.18. The molecular formula is C13H17ClN2O4S. The van der Waals surface area contributed by atoms with Gasteiger partial charge < -0.3 is 9.64 Å². The zero-order chi connectivity index (χ0) is 15.5. The zero-order valence-corrected chi connectivity index (χ0v) is 13.2. The lowest BCUT2D eigenvalue weighted by molar-refractivity contribution is 0.0624. The van der Waals surface area contributed by atoms with Gasteiger partial charge in [-0.2, -0.15) is 0 Å². The zero-order valence-electron chi connectivity index (χ0n) is 11.7. The van der Waals surface area contributed by atoms with Crippen LogP contribution in [0.3, 0.4) is 0 Å². The molecule has 1 aliphatic heterocycles. The van der Waals surface area contributed by atoms with Crippen LogP contribution in [0, 0.1) is 0 Å². The molecule has 116 valence electrons. The highest BCUT2D eigenvalue weighted by atomic mass is 35.5. The second-order valence-electron chi connectivity index (χ2n) is 4.89. The Balaban J connectivity index is 2.24. The van der Waals surface area contributed by atoms with Crippen molar-refractivity contribution in [3.8, 4) is 0 Å². The van der Waals surface area contributed by atoms with E-state index in [1.54, 1.807) is 12.1 Å². The molecule has 0 saturated carbocycles. The Hall–Kier alpha value is -1.18. The van der Waals surface area contributed by atoms with E-state index < -0.39 is 9.84 Å². The van der Waals surface area contributed by atoms with E-state index >= 15 is 0 Å². The molecule has 1 aromatic rings. The third-order valence-corrected chi connectivity index (χ3v) is 5.49. The topological polar surface area (TPSA) is 76.6 Å². The van der Waals surface area contributed by atoms with E-state index in [0.29, 0.717) is 19.6 Å². The van der Waals surface area contributed by atoms with Crippen molar-refractivity contribution in [1.29, 1.82) is 0 Å². The van der Waals surface area contributed by atoms with E-state index in [4.69, 9.17) is 16.3 Å². The minimum atomic E-state index is -3.07. The first-order valence-corrected chi connectivity index (χ1v) is 8.75. The molecule has 2 heterocycles. The predicted molar refractivity (Wildman–Crippen MR) is 79.2 cm³/mol. The number of methoxy groups -OCH3 is 1. The molecule has 0 aliphatic carbocycles. The second kappa shape index (κ2) is 6.72. The molecule has 0 radical (unpaired) electrons. The number of sulfone groups is 1. The SMILES string of the molecule is COCCN(C(=O)c1cccnc1Cl)C1CCS(=O)(=O)C1. The molecule has 21 heavy (non-hydrogen) atoms. The summed E-state index contributed by atoms with van der Waals surface area (Å²) in [5.41, 5.74) is 0.277. The van der Waals surface area contributed by atoms with E-state index in [9.17, 15) is 13.2 Å². The average Bonchev–Trinajstić information content (AvgIpc) is 2.79. The van der Waals surface area contributed by atoms with Gasteiger partial charge in [-0.05, 0) is 18.6 Å². The Morgan fingerprint density at radius 2 is 2.33 bits per heavy atom. The van der Waals surface area contributed by atoms with Crippen molar-refractivity contribution < 1.29 is 17.9 Å². The van der Waals surface area contributed by atoms with Crippen LogP contribution in [0.4, 0.5) is 0 Å². The molecule has 1 atom stereocenters. The van der Waals surface area contributed by atoms with Gasteiger partial charge >= 0.3 is 0 Å². The summed E-state index contributed by atoms with van der Waals surface area (Å²) in [5, 5.41) is 0.116. The lowest BCUT2D eigenvalue weighted by Crippen LogP contribution is -2.43. The number of ether oxygens (including phenoxy) is 1. The highest BCUT2D eigenvalue weighted by Gasteiger charge is 2.35. The van der Waals surface area contributed by atoms with Crippen LogP contribution in [0.15, 0.2) is 18.3 Å². The number of hydrogen-bond acceptors (Lipinski definition) is 5. The van der Waals surface area contributed by atoms with Crippen molar-refractivity contribution in [2.45, 2.75) is 12.5 Å². The van der Waals surface area contributed by atoms with Crippen LogP contribution >= 0.6 is 11.6 Å². The first-order chi connectivity index (χ1) is 9.94. The van der Waals surface area contributed by atoms with Crippen LogP contribution in [-0.4, -0.2) is 62.0 Å². The van der Waals surface area contributed by atoms with E-state index in [2.05, 4.69) is 4.98 Å². The molecule has 1 aromatic heterocycles. The number of pyridine rings is 1. The summed E-state index contributed by atoms with van der Waals surface area (Å²) >= 11 is 5.95. The maximum atomic E-state index is 12.6. The maximum absolute atomic E-state index is 12.6. The fourth-order valence-electron chi connectivity index (χ4n) is 2.36. The summed E-state index contributed by atoms with van der Waals surface area (Å²) in [5.74, 6) is -0.220. The Bertz CT molecular complexity index is 620. The summed E-state index contributed by atoms with van der Waals surface area (Å²) in [6, 6.07) is 2.87. The lowest BCUT2D eigenvalue weighted by atomic mass is 10.1. The van der Waals surface area contributed by atoms with Gasteiger partial charge in [0.1, 0.15) is 5.15 Å². The number of amides is 1. The van der Waals surface area contributed by atoms with E-state index in [1.165, 1.54) is 18.2 Å². The van der Waals surface area contributed by atoms with Gasteiger partial charge in [0.25, 0.3) is 5.91 Å². The van der Waals surface area contributed by atoms with Gasteiger partial charge in [-0.25, -0.2) is 13.4 Å². The maximum Gasteiger partial charge on any atom is 0.257 e. The molecule has 0 bridgehead atoms. The average molecular weight is 333 g/mol. The quantitative estimate of drug-likeness (QED) is 0.752. The van der Waals surface area contributed by atoms with Gasteiger partial charge in [-0.1, -0.05) is 11.6 Å². The summed E-state index contributed by atoms with van der Waals surface area (Å²) < 4.78 is 28.3. The van der Waals surface area contributed by atoms with Crippen LogP contribution in [0.5, 0.6) is 0 Å². The number of carbonyl (C=O) groups excluding carboxylic acids is 1. The number of aromatic nitrogens is 1. The third-order valence-electron chi connectivity index (χ3n) is 3.44. The normalized spacial score (nSPS) is 20.4. The van der Waals surface area contributed by atoms with Crippen molar-refractivity contribution in [2.75, 3.05) is 31.8 Å². The molecule has 1 unspecified atom stereocenters. The molecule has 1 fully saturated rings. The summed E-state index contributed by atoms with van der Waals surface area (Å²) in [6.45, 7) is 0.654. The number of nitrogens with zero attached hydrogens (tertiary/aromatic N) is 2. The van der Waals surface area contributed by atoms with Gasteiger partial charge in [0.05, 0.1) is 23.7 Å². The Labute approximate surface area is 129 Å². The van der Waals surface area contributed by atoms with Gasteiger partial charge in [-0.15, -0.1) is 0 Å². The molecule has 0 N–H and O–H groups in total. The monoisotopic (exact) mass is 332 g/mol. The predicted octanol–water partition coefficient (Wildman–Crippen LogP) is 1.01. The van der Waals surface area contributed by atoms with Crippen LogP contribution in [0.1, 0.15) is 16.8 Å². The molecule has 1 amide bonds. The summed E-state index contributed by atoms with van der Waals surface area (Å²) in [6.07, 6.45) is 1.94. The molecule has 6 nitrogen and oxygen atoms in total. The lowest BCUT2D eigenvalue weighted by Gasteiger charge is -2.28. The minimum absolute atomic E-state index is 0.0136. The van der Waals surface area contributed by atoms with Crippen molar-refractivity contribution in [3.63, 3.8) is 0 Å². The number of hydrogen-bond donors (Lipinski definition) is 0. The first-order valence-electron chi connectivity index (χ1n) is 6.55. The van der Waals surface area contributed by atoms with Crippen LogP contribution in [-0.2, 0) is 14.6 Å². The number of rotatable bonds is 5. The van der Waals surface area contributed by atoms with E-state index in [1.807, 2.05) is 0 Å². The van der Waals surface area contributed by atoms with Crippen molar-refractivity contribution in [3.05, 3.63) is 29.0 Å². The molecule has 1 aliphatic rings. The van der Waals surface area contributed by atoms with Crippen molar-refractivity contribution in [2.24, 2.45) is 0 Å². The summed E-state index contributed by atoms with van der Waals surface area (Å²) in [4.78, 5) is 18.0. The van der Waals surface area contributed by atoms with Crippen LogP contribution in [0.25, 0.3) is 0 Å². The van der Waals surface area contributed by atoms with Gasteiger partial charge in [-0.3, -0.25) is 4.79 Å². The number of halogens is 1. The fourth-order valence-corrected chi connectivity index (χ4v) is 4.29. The van der Waals surface area contributed by atoms with Gasteiger partial charge in [0.2, 0.25) is 0 Å². The molecule has 2 rings (SSSR count). The van der Waals surface area contributed by atoms with Crippen molar-refractivity contribution in [1.82, 2.24) is 9.88 Å². The number of carbonyl (C=O) groups is 1. The molecule has 0 aromatic carbocycles. The standard InChI is InChI=1S/C13H17ClN2O4S/c1-20-7-6-16(10-4-8-21(18,19)9-10)13(17)11-3-2-5-15-12(11)14/h2-3,5,10H,4,6-9H2,1H3.